The average molecular weight is 559 g/mol. The quantitative estimate of drug-likeness (QED) is 0.330. The van der Waals surface area contributed by atoms with Crippen LogP contribution < -0.4 is 4.74 Å². The van der Waals surface area contributed by atoms with E-state index in [1.54, 1.807) is 30.3 Å². The van der Waals surface area contributed by atoms with Gasteiger partial charge in [-0.2, -0.15) is 31.3 Å². The number of carbonyl (C=O) groups is 1. The summed E-state index contributed by atoms with van der Waals surface area (Å²) in [5, 5.41) is -0.609. The molecule has 7 nitrogen and oxygen atoms in total. The second kappa shape index (κ2) is 9.89. The Labute approximate surface area is 213 Å². The van der Waals surface area contributed by atoms with E-state index in [2.05, 4.69) is 9.97 Å². The van der Waals surface area contributed by atoms with Crippen LogP contribution >= 0.6 is 0 Å². The van der Waals surface area contributed by atoms with E-state index in [4.69, 9.17) is 4.74 Å². The molecule has 2 aromatic carbocycles. The third kappa shape index (κ3) is 5.90. The average Bonchev–Trinajstić information content (AvgIpc) is 2.82. The van der Waals surface area contributed by atoms with Crippen molar-refractivity contribution < 1.29 is 44.3 Å². The molecule has 38 heavy (non-hydrogen) atoms. The Bertz CT molecular complexity index is 1440. The van der Waals surface area contributed by atoms with E-state index in [-0.39, 0.29) is 42.8 Å². The van der Waals surface area contributed by atoms with Crippen LogP contribution in [0.5, 0.6) is 5.88 Å². The SMILES string of the molecule is CS(=O)(=O)c1nc2c(c(-c3ccccc3)n1)C(=O)N(Cc1cc(C(F)(F)F)cc(C(F)(F)F)c1)CCCO2. The fraction of sp³-hybridized carbons (Fsp3) is 0.292. The van der Waals surface area contributed by atoms with Gasteiger partial charge >= 0.3 is 12.4 Å². The summed E-state index contributed by atoms with van der Waals surface area (Å²) in [5.41, 5.74) is -3.43. The lowest BCUT2D eigenvalue weighted by Gasteiger charge is -2.28. The van der Waals surface area contributed by atoms with Crippen LogP contribution in [0.4, 0.5) is 26.3 Å². The molecule has 202 valence electrons. The monoisotopic (exact) mass is 559 g/mol. The lowest BCUT2D eigenvalue weighted by molar-refractivity contribution is -0.143. The summed E-state index contributed by atoms with van der Waals surface area (Å²) in [7, 11) is -3.95. The van der Waals surface area contributed by atoms with Crippen molar-refractivity contribution >= 4 is 15.7 Å². The minimum Gasteiger partial charge on any atom is -0.477 e. The number of amides is 1. The number of ether oxygens (including phenoxy) is 1. The summed E-state index contributed by atoms with van der Waals surface area (Å²) in [4.78, 5) is 22.7. The summed E-state index contributed by atoms with van der Waals surface area (Å²) in [6, 6.07) is 9.11. The first-order valence-corrected chi connectivity index (χ1v) is 12.9. The second-order valence-corrected chi connectivity index (χ2v) is 10.4. The number of alkyl halides is 6. The van der Waals surface area contributed by atoms with Gasteiger partial charge in [-0.05, 0) is 30.2 Å². The van der Waals surface area contributed by atoms with Crippen LogP contribution in [0.15, 0.2) is 53.7 Å². The molecular weight excluding hydrogens is 540 g/mol. The maximum atomic E-state index is 13.7. The highest BCUT2D eigenvalue weighted by Crippen LogP contribution is 2.37. The van der Waals surface area contributed by atoms with Crippen LogP contribution in [0, 0.1) is 0 Å². The normalized spacial score (nSPS) is 14.9. The zero-order chi connectivity index (χ0) is 27.9. The minimum absolute atomic E-state index is 0.00991. The Kier molecular flexibility index (Phi) is 7.12. The molecule has 0 unspecified atom stereocenters. The van der Waals surface area contributed by atoms with Crippen molar-refractivity contribution in [2.45, 2.75) is 30.5 Å². The smallest absolute Gasteiger partial charge is 0.416 e. The van der Waals surface area contributed by atoms with Gasteiger partial charge in [0.05, 0.1) is 23.4 Å². The van der Waals surface area contributed by atoms with E-state index in [1.165, 1.54) is 0 Å². The van der Waals surface area contributed by atoms with Gasteiger partial charge < -0.3 is 9.64 Å². The molecule has 0 fully saturated rings. The molecule has 0 N–H and O–H groups in total. The van der Waals surface area contributed by atoms with Gasteiger partial charge in [0.1, 0.15) is 5.56 Å². The number of benzene rings is 2. The number of hydrogen-bond donors (Lipinski definition) is 0. The lowest BCUT2D eigenvalue weighted by atomic mass is 10.0. The molecule has 1 amide bonds. The molecule has 4 rings (SSSR count). The van der Waals surface area contributed by atoms with Crippen LogP contribution in [-0.2, 0) is 28.7 Å². The summed E-state index contributed by atoms with van der Waals surface area (Å²) in [5.74, 6) is -1.20. The lowest BCUT2D eigenvalue weighted by Crippen LogP contribution is -2.35. The van der Waals surface area contributed by atoms with Crippen molar-refractivity contribution in [3.8, 4) is 17.1 Å². The second-order valence-electron chi connectivity index (χ2n) is 8.52. The number of halogens is 6. The van der Waals surface area contributed by atoms with Gasteiger partial charge in [0.25, 0.3) is 11.1 Å². The highest BCUT2D eigenvalue weighted by Gasteiger charge is 2.37. The van der Waals surface area contributed by atoms with Gasteiger partial charge in [-0.25, -0.2) is 13.4 Å². The van der Waals surface area contributed by atoms with Crippen molar-refractivity contribution in [3.63, 3.8) is 0 Å². The standard InChI is InChI=1S/C24H19F6N3O4S/c1-38(35,36)22-31-19(15-6-3-2-4-7-15)18-20(32-22)37-9-5-8-33(21(18)34)13-14-10-16(23(25,26)27)12-17(11-14)24(28,29)30/h2-4,6-7,10-12H,5,8-9,13H2,1H3. The predicted octanol–water partition coefficient (Wildman–Crippen LogP) is 5.01. The van der Waals surface area contributed by atoms with Crippen molar-refractivity contribution in [2.24, 2.45) is 0 Å². The molecule has 0 atom stereocenters. The zero-order valence-corrected chi connectivity index (χ0v) is 20.4. The topological polar surface area (TPSA) is 89.5 Å². The third-order valence-electron chi connectivity index (χ3n) is 5.57. The number of nitrogens with zero attached hydrogens (tertiary/aromatic N) is 3. The minimum atomic E-state index is -5.05. The first kappa shape index (κ1) is 27.4. The largest absolute Gasteiger partial charge is 0.477 e. The zero-order valence-electron chi connectivity index (χ0n) is 19.6. The molecular formula is C24H19F6N3O4S. The first-order valence-electron chi connectivity index (χ1n) is 11.0. The molecule has 0 saturated heterocycles. The van der Waals surface area contributed by atoms with E-state index in [1.807, 2.05) is 0 Å². The van der Waals surface area contributed by atoms with Gasteiger partial charge in [0.15, 0.2) is 0 Å². The van der Waals surface area contributed by atoms with E-state index in [9.17, 15) is 39.6 Å². The van der Waals surface area contributed by atoms with Gasteiger partial charge in [-0.15, -0.1) is 0 Å². The fourth-order valence-corrected chi connectivity index (χ4v) is 4.36. The number of rotatable bonds is 4. The van der Waals surface area contributed by atoms with E-state index < -0.39 is 56.5 Å². The van der Waals surface area contributed by atoms with E-state index >= 15 is 0 Å². The summed E-state index contributed by atoms with van der Waals surface area (Å²) in [6.45, 7) is -0.715. The highest BCUT2D eigenvalue weighted by atomic mass is 32.2. The molecule has 2 heterocycles. The Balaban J connectivity index is 1.85. The Morgan fingerprint density at radius 3 is 2.11 bits per heavy atom. The van der Waals surface area contributed by atoms with Gasteiger partial charge in [0, 0.05) is 24.9 Å². The molecule has 14 heteroatoms. The Morgan fingerprint density at radius 1 is 0.947 bits per heavy atom. The molecule has 3 aromatic rings. The summed E-state index contributed by atoms with van der Waals surface area (Å²) < 4.78 is 110. The van der Waals surface area contributed by atoms with Crippen molar-refractivity contribution in [1.29, 1.82) is 0 Å². The number of carbonyl (C=O) groups excluding carboxylic acids is 1. The molecule has 1 aliphatic heterocycles. The maximum Gasteiger partial charge on any atom is 0.416 e. The van der Waals surface area contributed by atoms with Crippen LogP contribution in [0.2, 0.25) is 0 Å². The van der Waals surface area contributed by atoms with Gasteiger partial charge in [0.2, 0.25) is 15.7 Å². The van der Waals surface area contributed by atoms with Gasteiger partial charge in [-0.3, -0.25) is 4.79 Å². The van der Waals surface area contributed by atoms with Crippen LogP contribution in [0.1, 0.15) is 33.5 Å². The van der Waals surface area contributed by atoms with Gasteiger partial charge in [-0.1, -0.05) is 30.3 Å². The molecule has 1 aliphatic rings. The molecule has 0 bridgehead atoms. The molecule has 0 aliphatic carbocycles. The molecule has 1 aromatic heterocycles. The Morgan fingerprint density at radius 2 is 1.55 bits per heavy atom. The number of sulfone groups is 1. The van der Waals surface area contributed by atoms with Crippen molar-refractivity contribution in [3.05, 3.63) is 70.8 Å². The first-order chi connectivity index (χ1) is 17.6. The molecule has 0 radical (unpaired) electrons. The third-order valence-corrected chi connectivity index (χ3v) is 6.41. The van der Waals surface area contributed by atoms with Crippen LogP contribution in [0.3, 0.4) is 0 Å². The predicted molar refractivity (Wildman–Crippen MR) is 122 cm³/mol. The van der Waals surface area contributed by atoms with Crippen molar-refractivity contribution in [2.75, 3.05) is 19.4 Å². The van der Waals surface area contributed by atoms with Crippen LogP contribution in [-0.4, -0.2) is 48.6 Å². The summed E-state index contributed by atoms with van der Waals surface area (Å²) >= 11 is 0. The number of aromatic nitrogens is 2. The molecule has 0 spiro atoms. The van der Waals surface area contributed by atoms with E-state index in [0.29, 0.717) is 17.7 Å². The maximum absolute atomic E-state index is 13.7. The molecule has 0 saturated carbocycles. The fourth-order valence-electron chi connectivity index (χ4n) is 3.85. The van der Waals surface area contributed by atoms with Crippen molar-refractivity contribution in [1.82, 2.24) is 14.9 Å². The number of hydrogen-bond acceptors (Lipinski definition) is 6. The van der Waals surface area contributed by atoms with Crippen LogP contribution in [0.25, 0.3) is 11.3 Å². The Hall–Kier alpha value is -3.68. The summed E-state index contributed by atoms with van der Waals surface area (Å²) in [6.07, 6.45) is -9.08. The van der Waals surface area contributed by atoms with E-state index in [0.717, 1.165) is 11.2 Å². The highest BCUT2D eigenvalue weighted by molar-refractivity contribution is 7.90. The number of fused-ring (bicyclic) bond motifs is 1.